The molecule has 3 rings (SSSR count). The predicted molar refractivity (Wildman–Crippen MR) is 37.4 cm³/mol. The Balaban J connectivity index is 2.03. The maximum atomic E-state index is 11.4. The quantitative estimate of drug-likeness (QED) is 0.493. The van der Waals surface area contributed by atoms with Crippen LogP contribution in [-0.4, -0.2) is 5.78 Å². The van der Waals surface area contributed by atoms with Crippen molar-refractivity contribution in [1.29, 1.82) is 0 Å². The molecule has 3 aliphatic rings. The molecular formula is C9H12O. The first kappa shape index (κ1) is 5.34. The number of hydrogen-bond acceptors (Lipinski definition) is 1. The third-order valence-electron chi connectivity index (χ3n) is 3.94. The summed E-state index contributed by atoms with van der Waals surface area (Å²) < 4.78 is 0. The minimum absolute atomic E-state index is 0.425. The average Bonchev–Trinajstić information content (AvgIpc) is 2.57. The van der Waals surface area contributed by atoms with Gasteiger partial charge in [0, 0.05) is 11.8 Å². The van der Waals surface area contributed by atoms with Gasteiger partial charge in [-0.1, -0.05) is 6.92 Å². The molecular weight excluding hydrogens is 124 g/mol. The van der Waals surface area contributed by atoms with Crippen molar-refractivity contribution in [2.75, 3.05) is 0 Å². The molecule has 0 radical (unpaired) electrons. The summed E-state index contributed by atoms with van der Waals surface area (Å²) in [5.41, 5.74) is 0. The molecule has 0 unspecified atom stereocenters. The fraction of sp³-hybridized carbons (Fsp3) is 0.889. The van der Waals surface area contributed by atoms with Crippen LogP contribution in [0.25, 0.3) is 0 Å². The van der Waals surface area contributed by atoms with Crippen LogP contribution in [0.4, 0.5) is 0 Å². The minimum atomic E-state index is 0.425. The molecule has 0 aromatic heterocycles. The van der Waals surface area contributed by atoms with Gasteiger partial charge >= 0.3 is 0 Å². The second kappa shape index (κ2) is 1.32. The molecule has 3 aliphatic carbocycles. The van der Waals surface area contributed by atoms with Gasteiger partial charge in [-0.2, -0.15) is 0 Å². The summed E-state index contributed by atoms with van der Waals surface area (Å²) in [7, 11) is 0. The summed E-state index contributed by atoms with van der Waals surface area (Å²) in [6, 6.07) is 0. The lowest BCUT2D eigenvalue weighted by molar-refractivity contribution is -0.125. The highest BCUT2D eigenvalue weighted by Crippen LogP contribution is 2.65. The molecule has 3 saturated carbocycles. The third kappa shape index (κ3) is 0.388. The zero-order valence-electron chi connectivity index (χ0n) is 6.21. The van der Waals surface area contributed by atoms with E-state index in [0.717, 1.165) is 17.8 Å². The van der Waals surface area contributed by atoms with Gasteiger partial charge in [-0.05, 0) is 30.6 Å². The summed E-state index contributed by atoms with van der Waals surface area (Å²) in [5.74, 6) is 4.18. The monoisotopic (exact) mass is 136 g/mol. The fourth-order valence-electron chi connectivity index (χ4n) is 3.28. The van der Waals surface area contributed by atoms with Gasteiger partial charge in [0.25, 0.3) is 0 Å². The van der Waals surface area contributed by atoms with Crippen LogP contribution in [0.2, 0.25) is 0 Å². The maximum Gasteiger partial charge on any atom is 0.139 e. The second-order valence-corrected chi connectivity index (χ2v) is 4.26. The van der Waals surface area contributed by atoms with E-state index in [9.17, 15) is 4.79 Å². The topological polar surface area (TPSA) is 17.1 Å². The molecule has 0 N–H and O–H groups in total. The number of ketones is 1. The standard InChI is InChI=1S/C9H12O/c1-4-5-2-8(9(4)10)7-3-6(5)7/h4-8H,2-3H2,1H3/t4-,5+,6+,7+,8-/m1/s1. The molecule has 1 nitrogen and oxygen atoms in total. The van der Waals surface area contributed by atoms with E-state index in [1.807, 2.05) is 0 Å². The first-order valence-corrected chi connectivity index (χ1v) is 4.33. The molecule has 5 atom stereocenters. The molecule has 54 valence electrons. The van der Waals surface area contributed by atoms with E-state index in [0.29, 0.717) is 17.6 Å². The highest BCUT2D eigenvalue weighted by atomic mass is 16.1. The molecule has 2 bridgehead atoms. The van der Waals surface area contributed by atoms with E-state index < -0.39 is 0 Å². The van der Waals surface area contributed by atoms with Gasteiger partial charge in [0.2, 0.25) is 0 Å². The summed E-state index contributed by atoms with van der Waals surface area (Å²) in [5, 5.41) is 0. The van der Waals surface area contributed by atoms with Gasteiger partial charge in [0.05, 0.1) is 0 Å². The molecule has 0 heterocycles. The highest BCUT2D eigenvalue weighted by molar-refractivity contribution is 5.87. The van der Waals surface area contributed by atoms with E-state index >= 15 is 0 Å². The predicted octanol–water partition coefficient (Wildman–Crippen LogP) is 1.48. The average molecular weight is 136 g/mol. The van der Waals surface area contributed by atoms with Crippen molar-refractivity contribution in [2.24, 2.45) is 29.6 Å². The van der Waals surface area contributed by atoms with Gasteiger partial charge in [-0.25, -0.2) is 0 Å². The van der Waals surface area contributed by atoms with Crippen LogP contribution in [0.3, 0.4) is 0 Å². The van der Waals surface area contributed by atoms with Gasteiger partial charge in [0.1, 0.15) is 5.78 Å². The van der Waals surface area contributed by atoms with E-state index in [2.05, 4.69) is 6.92 Å². The van der Waals surface area contributed by atoms with Crippen LogP contribution in [0, 0.1) is 29.6 Å². The molecule has 1 heteroatoms. The van der Waals surface area contributed by atoms with Crippen LogP contribution >= 0.6 is 0 Å². The zero-order valence-corrected chi connectivity index (χ0v) is 6.21. The van der Waals surface area contributed by atoms with Gasteiger partial charge in [-0.3, -0.25) is 4.79 Å². The number of hydrogen-bond donors (Lipinski definition) is 0. The fourth-order valence-corrected chi connectivity index (χ4v) is 3.28. The van der Waals surface area contributed by atoms with E-state index in [4.69, 9.17) is 0 Å². The first-order valence-electron chi connectivity index (χ1n) is 4.33. The molecule has 0 aromatic carbocycles. The SMILES string of the molecule is C[C@H]1C(=O)[C@@H]2C[C@@H]1[C@@H]1C[C@@H]12. The Morgan fingerprint density at radius 3 is 2.60 bits per heavy atom. The van der Waals surface area contributed by atoms with E-state index in [1.165, 1.54) is 12.8 Å². The largest absolute Gasteiger partial charge is 0.299 e. The maximum absolute atomic E-state index is 11.4. The molecule has 0 saturated heterocycles. The number of Topliss-reactive ketones (excluding diaryl/α,β-unsaturated/α-hetero) is 1. The van der Waals surface area contributed by atoms with Crippen LogP contribution < -0.4 is 0 Å². The second-order valence-electron chi connectivity index (χ2n) is 4.26. The lowest BCUT2D eigenvalue weighted by Crippen LogP contribution is -2.20. The normalized spacial score (nSPS) is 62.9. The molecule has 3 fully saturated rings. The smallest absolute Gasteiger partial charge is 0.139 e. The van der Waals surface area contributed by atoms with Gasteiger partial charge in [-0.15, -0.1) is 0 Å². The first-order chi connectivity index (χ1) is 4.79. The van der Waals surface area contributed by atoms with Crippen LogP contribution in [-0.2, 0) is 4.79 Å². The van der Waals surface area contributed by atoms with Crippen molar-refractivity contribution in [3.05, 3.63) is 0 Å². The van der Waals surface area contributed by atoms with Crippen molar-refractivity contribution in [3.63, 3.8) is 0 Å². The highest BCUT2D eigenvalue weighted by Gasteiger charge is 2.63. The molecule has 0 aliphatic heterocycles. The lowest BCUT2D eigenvalue weighted by atomic mass is 9.89. The van der Waals surface area contributed by atoms with Crippen LogP contribution in [0.15, 0.2) is 0 Å². The van der Waals surface area contributed by atoms with Crippen molar-refractivity contribution in [3.8, 4) is 0 Å². The Morgan fingerprint density at radius 2 is 2.00 bits per heavy atom. The summed E-state index contributed by atoms with van der Waals surface area (Å²) >= 11 is 0. The molecule has 0 aromatic rings. The Labute approximate surface area is 60.8 Å². The Morgan fingerprint density at radius 1 is 1.20 bits per heavy atom. The Bertz CT molecular complexity index is 209. The van der Waals surface area contributed by atoms with Crippen molar-refractivity contribution >= 4 is 5.78 Å². The van der Waals surface area contributed by atoms with Gasteiger partial charge < -0.3 is 0 Å². The Kier molecular flexibility index (Phi) is 0.704. The van der Waals surface area contributed by atoms with Gasteiger partial charge in [0.15, 0.2) is 0 Å². The number of carbonyl (C=O) groups excluding carboxylic acids is 1. The van der Waals surface area contributed by atoms with Crippen LogP contribution in [0.5, 0.6) is 0 Å². The molecule has 0 amide bonds. The Hall–Kier alpha value is -0.330. The molecule has 0 spiro atoms. The van der Waals surface area contributed by atoms with E-state index in [-0.39, 0.29) is 0 Å². The third-order valence-corrected chi connectivity index (χ3v) is 3.94. The summed E-state index contributed by atoms with van der Waals surface area (Å²) in [6.07, 6.45) is 2.63. The summed E-state index contributed by atoms with van der Waals surface area (Å²) in [4.78, 5) is 11.4. The number of fused-ring (bicyclic) bond motifs is 5. The lowest BCUT2D eigenvalue weighted by Gasteiger charge is -2.14. The van der Waals surface area contributed by atoms with Crippen LogP contribution in [0.1, 0.15) is 19.8 Å². The minimum Gasteiger partial charge on any atom is -0.299 e. The number of rotatable bonds is 0. The van der Waals surface area contributed by atoms with E-state index in [1.54, 1.807) is 0 Å². The zero-order chi connectivity index (χ0) is 6.88. The van der Waals surface area contributed by atoms with Crippen molar-refractivity contribution in [2.45, 2.75) is 19.8 Å². The van der Waals surface area contributed by atoms with Crippen molar-refractivity contribution in [1.82, 2.24) is 0 Å². The summed E-state index contributed by atoms with van der Waals surface area (Å²) in [6.45, 7) is 2.13. The van der Waals surface area contributed by atoms with Crippen molar-refractivity contribution < 1.29 is 4.79 Å². The molecule has 10 heavy (non-hydrogen) atoms. The number of carbonyl (C=O) groups is 1.